The Balaban J connectivity index is 2.42. The van der Waals surface area contributed by atoms with Crippen LogP contribution in [0.2, 0.25) is 0 Å². The van der Waals surface area contributed by atoms with Gasteiger partial charge >= 0.3 is 6.03 Å². The van der Waals surface area contributed by atoms with Gasteiger partial charge in [-0.05, 0) is 12.0 Å². The molecule has 2 N–H and O–H groups in total. The second kappa shape index (κ2) is 6.73. The Labute approximate surface area is 102 Å². The molecule has 0 saturated heterocycles. The number of hydrogen-bond donors (Lipinski definition) is 2. The number of methoxy groups -OCH3 is 1. The average Bonchev–Trinajstić information content (AvgIpc) is 2.34. The number of pyridine rings is 1. The van der Waals surface area contributed by atoms with Crippen molar-refractivity contribution in [2.75, 3.05) is 13.7 Å². The minimum Gasteiger partial charge on any atom is -0.481 e. The molecule has 1 aromatic heterocycles. The summed E-state index contributed by atoms with van der Waals surface area (Å²) in [5.41, 5.74) is 0.856. The summed E-state index contributed by atoms with van der Waals surface area (Å²) in [4.78, 5) is 15.5. The largest absolute Gasteiger partial charge is 0.481 e. The van der Waals surface area contributed by atoms with Crippen molar-refractivity contribution in [3.63, 3.8) is 0 Å². The highest BCUT2D eigenvalue weighted by Gasteiger charge is 2.05. The van der Waals surface area contributed by atoms with E-state index in [0.29, 0.717) is 24.9 Å². The van der Waals surface area contributed by atoms with Gasteiger partial charge < -0.3 is 15.4 Å². The lowest BCUT2D eigenvalue weighted by Crippen LogP contribution is -2.37. The number of urea groups is 1. The summed E-state index contributed by atoms with van der Waals surface area (Å²) < 4.78 is 5.09. The topological polar surface area (TPSA) is 63.2 Å². The maximum Gasteiger partial charge on any atom is 0.315 e. The molecule has 94 valence electrons. The fraction of sp³-hybridized carbons (Fsp3) is 0.500. The van der Waals surface area contributed by atoms with Gasteiger partial charge in [-0.2, -0.15) is 0 Å². The molecule has 0 saturated carbocycles. The van der Waals surface area contributed by atoms with Gasteiger partial charge in [0.15, 0.2) is 0 Å². The SMILES string of the molecule is COc1ncccc1CNC(=O)NCC(C)C. The van der Waals surface area contributed by atoms with Gasteiger partial charge in [0.25, 0.3) is 0 Å². The Morgan fingerprint density at radius 2 is 2.24 bits per heavy atom. The van der Waals surface area contributed by atoms with Gasteiger partial charge in [-0.3, -0.25) is 0 Å². The zero-order valence-corrected chi connectivity index (χ0v) is 10.5. The van der Waals surface area contributed by atoms with Crippen molar-refractivity contribution in [2.24, 2.45) is 5.92 Å². The fourth-order valence-electron chi connectivity index (χ4n) is 1.28. The summed E-state index contributed by atoms with van der Waals surface area (Å²) in [6.07, 6.45) is 1.65. The van der Waals surface area contributed by atoms with E-state index in [-0.39, 0.29) is 6.03 Å². The molecule has 17 heavy (non-hydrogen) atoms. The number of carbonyl (C=O) groups is 1. The van der Waals surface area contributed by atoms with Crippen LogP contribution in [0.15, 0.2) is 18.3 Å². The molecule has 5 nitrogen and oxygen atoms in total. The number of aromatic nitrogens is 1. The van der Waals surface area contributed by atoms with Crippen LogP contribution in [0, 0.1) is 5.92 Å². The predicted octanol–water partition coefficient (Wildman–Crippen LogP) is 1.55. The number of amides is 2. The van der Waals surface area contributed by atoms with Crippen molar-refractivity contribution in [3.05, 3.63) is 23.9 Å². The first-order valence-electron chi connectivity index (χ1n) is 5.63. The smallest absolute Gasteiger partial charge is 0.315 e. The highest BCUT2D eigenvalue weighted by Crippen LogP contribution is 2.12. The fourth-order valence-corrected chi connectivity index (χ4v) is 1.28. The molecule has 1 heterocycles. The van der Waals surface area contributed by atoms with Gasteiger partial charge in [-0.25, -0.2) is 9.78 Å². The molecule has 1 aromatic rings. The predicted molar refractivity (Wildman–Crippen MR) is 65.9 cm³/mol. The first-order chi connectivity index (χ1) is 8.13. The molecule has 5 heteroatoms. The van der Waals surface area contributed by atoms with Crippen LogP contribution in [0.3, 0.4) is 0 Å². The number of nitrogens with zero attached hydrogens (tertiary/aromatic N) is 1. The first kappa shape index (κ1) is 13.3. The van der Waals surface area contributed by atoms with Crippen molar-refractivity contribution in [2.45, 2.75) is 20.4 Å². The zero-order chi connectivity index (χ0) is 12.7. The van der Waals surface area contributed by atoms with E-state index in [9.17, 15) is 4.79 Å². The van der Waals surface area contributed by atoms with E-state index < -0.39 is 0 Å². The van der Waals surface area contributed by atoms with Gasteiger partial charge in [0, 0.05) is 24.8 Å². The monoisotopic (exact) mass is 237 g/mol. The maximum atomic E-state index is 11.4. The quantitative estimate of drug-likeness (QED) is 0.816. The van der Waals surface area contributed by atoms with Gasteiger partial charge in [0.1, 0.15) is 0 Å². The Kier molecular flexibility index (Phi) is 5.26. The van der Waals surface area contributed by atoms with Crippen LogP contribution < -0.4 is 15.4 Å². The highest BCUT2D eigenvalue weighted by atomic mass is 16.5. The van der Waals surface area contributed by atoms with Crippen LogP contribution in [-0.2, 0) is 6.54 Å². The highest BCUT2D eigenvalue weighted by molar-refractivity contribution is 5.73. The molecule has 0 aromatic carbocycles. The lowest BCUT2D eigenvalue weighted by Gasteiger charge is -2.10. The molecule has 2 amide bonds. The molecule has 0 spiro atoms. The van der Waals surface area contributed by atoms with Gasteiger partial charge in [0.2, 0.25) is 5.88 Å². The Morgan fingerprint density at radius 1 is 1.47 bits per heavy atom. The van der Waals surface area contributed by atoms with E-state index in [1.807, 2.05) is 26.0 Å². The van der Waals surface area contributed by atoms with Crippen molar-refractivity contribution in [1.29, 1.82) is 0 Å². The van der Waals surface area contributed by atoms with E-state index in [1.54, 1.807) is 13.3 Å². The van der Waals surface area contributed by atoms with Gasteiger partial charge in [-0.1, -0.05) is 19.9 Å². The second-order valence-corrected chi connectivity index (χ2v) is 4.13. The lowest BCUT2D eigenvalue weighted by atomic mass is 10.2. The minimum absolute atomic E-state index is 0.176. The molecule has 0 aliphatic carbocycles. The molecule has 0 fully saturated rings. The number of carbonyl (C=O) groups excluding carboxylic acids is 1. The summed E-state index contributed by atoms with van der Waals surface area (Å²) >= 11 is 0. The van der Waals surface area contributed by atoms with Gasteiger partial charge in [0.05, 0.1) is 7.11 Å². The van der Waals surface area contributed by atoms with E-state index >= 15 is 0 Å². The zero-order valence-electron chi connectivity index (χ0n) is 10.5. The van der Waals surface area contributed by atoms with Crippen molar-refractivity contribution in [3.8, 4) is 5.88 Å². The van der Waals surface area contributed by atoms with Crippen molar-refractivity contribution < 1.29 is 9.53 Å². The molecule has 0 bridgehead atoms. The molecule has 0 unspecified atom stereocenters. The Morgan fingerprint density at radius 3 is 2.88 bits per heavy atom. The average molecular weight is 237 g/mol. The van der Waals surface area contributed by atoms with Crippen LogP contribution in [-0.4, -0.2) is 24.7 Å². The summed E-state index contributed by atoms with van der Waals surface area (Å²) in [6.45, 7) is 5.16. The first-order valence-corrected chi connectivity index (χ1v) is 5.63. The van der Waals surface area contributed by atoms with Crippen LogP contribution in [0.25, 0.3) is 0 Å². The number of rotatable bonds is 5. The number of ether oxygens (including phenoxy) is 1. The molecule has 0 atom stereocenters. The number of nitrogens with one attached hydrogen (secondary N) is 2. The maximum absolute atomic E-state index is 11.4. The van der Waals surface area contributed by atoms with E-state index in [4.69, 9.17) is 4.74 Å². The number of hydrogen-bond acceptors (Lipinski definition) is 3. The third-order valence-corrected chi connectivity index (χ3v) is 2.15. The minimum atomic E-state index is -0.176. The van der Waals surface area contributed by atoms with Crippen LogP contribution in [0.5, 0.6) is 5.88 Å². The third kappa shape index (κ3) is 4.72. The molecule has 0 radical (unpaired) electrons. The molecule has 1 rings (SSSR count). The molecular formula is C12H19N3O2. The van der Waals surface area contributed by atoms with Crippen molar-refractivity contribution >= 4 is 6.03 Å². The standard InChI is InChI=1S/C12H19N3O2/c1-9(2)7-14-12(16)15-8-10-5-4-6-13-11(10)17-3/h4-6,9H,7-8H2,1-3H3,(H2,14,15,16). The Bertz CT molecular complexity index is 367. The van der Waals surface area contributed by atoms with Crippen molar-refractivity contribution in [1.82, 2.24) is 15.6 Å². The van der Waals surface area contributed by atoms with Crippen LogP contribution in [0.4, 0.5) is 4.79 Å². The van der Waals surface area contributed by atoms with Crippen LogP contribution >= 0.6 is 0 Å². The van der Waals surface area contributed by atoms with E-state index in [2.05, 4.69) is 15.6 Å². The second-order valence-electron chi connectivity index (χ2n) is 4.13. The lowest BCUT2D eigenvalue weighted by molar-refractivity contribution is 0.239. The van der Waals surface area contributed by atoms with E-state index in [0.717, 1.165) is 5.56 Å². The molecule has 0 aliphatic rings. The van der Waals surface area contributed by atoms with Crippen LogP contribution in [0.1, 0.15) is 19.4 Å². The Hall–Kier alpha value is -1.78. The molecular weight excluding hydrogens is 218 g/mol. The molecule has 0 aliphatic heterocycles. The third-order valence-electron chi connectivity index (χ3n) is 2.15. The summed E-state index contributed by atoms with van der Waals surface area (Å²) in [6, 6.07) is 3.50. The summed E-state index contributed by atoms with van der Waals surface area (Å²) in [5.74, 6) is 0.977. The van der Waals surface area contributed by atoms with Gasteiger partial charge in [-0.15, -0.1) is 0 Å². The van der Waals surface area contributed by atoms with E-state index in [1.165, 1.54) is 0 Å². The normalized spacial score (nSPS) is 10.1. The summed E-state index contributed by atoms with van der Waals surface area (Å²) in [5, 5.41) is 5.54. The summed E-state index contributed by atoms with van der Waals surface area (Å²) in [7, 11) is 1.56.